The zero-order valence-electron chi connectivity index (χ0n) is 6.35. The van der Waals surface area contributed by atoms with Crippen LogP contribution in [0.3, 0.4) is 0 Å². The lowest BCUT2D eigenvalue weighted by Gasteiger charge is -2.02. The van der Waals surface area contributed by atoms with E-state index in [4.69, 9.17) is 10.00 Å². The number of carbonyl (C=O) groups excluding carboxylic acids is 1. The van der Waals surface area contributed by atoms with Gasteiger partial charge in [-0.05, 0) is 6.92 Å². The molecule has 0 aromatic carbocycles. The Kier molecular flexibility index (Phi) is 2.77. The van der Waals surface area contributed by atoms with Gasteiger partial charge in [0.15, 0.2) is 6.10 Å². The van der Waals surface area contributed by atoms with E-state index in [1.54, 1.807) is 6.07 Å². The number of esters is 1. The molecule has 1 atom stereocenters. The minimum Gasteiger partial charge on any atom is -0.443 e. The fourth-order valence-electron chi connectivity index (χ4n) is 0.562. The summed E-state index contributed by atoms with van der Waals surface area (Å²) in [6.07, 6.45) is 0.705. The van der Waals surface area contributed by atoms with Crippen LogP contribution in [0.15, 0.2) is 11.7 Å². The first-order valence-corrected chi connectivity index (χ1v) is 4.11. The molecule has 1 aromatic rings. The monoisotopic (exact) mass is 182 g/mol. The fraction of sp³-hybridized carbons (Fsp3) is 0.286. The second kappa shape index (κ2) is 3.83. The second-order valence-electron chi connectivity index (χ2n) is 2.04. The number of ether oxygens (including phenoxy) is 1. The molecule has 12 heavy (non-hydrogen) atoms. The van der Waals surface area contributed by atoms with Crippen molar-refractivity contribution in [2.75, 3.05) is 0 Å². The van der Waals surface area contributed by atoms with Gasteiger partial charge in [0, 0.05) is 0 Å². The molecule has 0 fully saturated rings. The molecule has 0 aliphatic rings. The standard InChI is InChI=1S/C7H6N2O2S/c1-5(2-8)11-7(10)6-3-9-4-12-6/h3-5H,1H3. The van der Waals surface area contributed by atoms with Crippen molar-refractivity contribution in [1.29, 1.82) is 5.26 Å². The van der Waals surface area contributed by atoms with Crippen LogP contribution in [0.25, 0.3) is 0 Å². The van der Waals surface area contributed by atoms with Crippen LogP contribution >= 0.6 is 11.3 Å². The van der Waals surface area contributed by atoms with E-state index in [0.717, 1.165) is 0 Å². The lowest BCUT2D eigenvalue weighted by molar-refractivity contribution is 0.0441. The maximum absolute atomic E-state index is 11.1. The van der Waals surface area contributed by atoms with Gasteiger partial charge in [-0.15, -0.1) is 11.3 Å². The third-order valence-electron chi connectivity index (χ3n) is 1.10. The minimum atomic E-state index is -0.709. The van der Waals surface area contributed by atoms with Crippen molar-refractivity contribution in [2.24, 2.45) is 0 Å². The van der Waals surface area contributed by atoms with Crippen LogP contribution < -0.4 is 0 Å². The predicted molar refractivity (Wildman–Crippen MR) is 42.6 cm³/mol. The van der Waals surface area contributed by atoms with Gasteiger partial charge in [0.1, 0.15) is 10.9 Å². The molecule has 1 aromatic heterocycles. The predicted octanol–water partition coefficient (Wildman–Crippen LogP) is 1.21. The van der Waals surface area contributed by atoms with Crippen LogP contribution in [0.4, 0.5) is 0 Å². The van der Waals surface area contributed by atoms with Crippen molar-refractivity contribution in [1.82, 2.24) is 4.98 Å². The molecular formula is C7H6N2O2S. The number of rotatable bonds is 2. The Hall–Kier alpha value is -1.41. The van der Waals surface area contributed by atoms with Gasteiger partial charge in [0.2, 0.25) is 0 Å². The highest BCUT2D eigenvalue weighted by Crippen LogP contribution is 2.08. The summed E-state index contributed by atoms with van der Waals surface area (Å²) in [4.78, 5) is 15.2. The molecule has 0 amide bonds. The van der Waals surface area contributed by atoms with Crippen molar-refractivity contribution in [3.05, 3.63) is 16.6 Å². The van der Waals surface area contributed by atoms with E-state index in [2.05, 4.69) is 4.98 Å². The number of hydrogen-bond donors (Lipinski definition) is 0. The maximum atomic E-state index is 11.1. The first-order chi connectivity index (χ1) is 5.74. The van der Waals surface area contributed by atoms with Gasteiger partial charge >= 0.3 is 5.97 Å². The molecule has 1 rings (SSSR count). The molecule has 0 aliphatic heterocycles. The first kappa shape index (κ1) is 8.68. The van der Waals surface area contributed by atoms with Gasteiger partial charge in [-0.1, -0.05) is 0 Å². The molecule has 0 spiro atoms. The molecule has 0 radical (unpaired) electrons. The molecule has 0 saturated heterocycles. The average Bonchev–Trinajstić information content (AvgIpc) is 2.56. The van der Waals surface area contributed by atoms with Gasteiger partial charge in [-0.25, -0.2) is 4.79 Å². The van der Waals surface area contributed by atoms with E-state index >= 15 is 0 Å². The zero-order valence-corrected chi connectivity index (χ0v) is 7.17. The normalized spacial score (nSPS) is 11.7. The Labute approximate surface area is 73.4 Å². The van der Waals surface area contributed by atoms with Crippen molar-refractivity contribution >= 4 is 17.3 Å². The third kappa shape index (κ3) is 2.04. The van der Waals surface area contributed by atoms with Gasteiger partial charge in [0.25, 0.3) is 0 Å². The summed E-state index contributed by atoms with van der Waals surface area (Å²) in [6.45, 7) is 1.51. The molecule has 0 saturated carbocycles. The van der Waals surface area contributed by atoms with Crippen LogP contribution in [0.5, 0.6) is 0 Å². The first-order valence-electron chi connectivity index (χ1n) is 3.23. The molecule has 0 bridgehead atoms. The summed E-state index contributed by atoms with van der Waals surface area (Å²) in [5.74, 6) is -0.494. The summed E-state index contributed by atoms with van der Waals surface area (Å²) in [7, 11) is 0. The summed E-state index contributed by atoms with van der Waals surface area (Å²) in [6, 6.07) is 1.80. The minimum absolute atomic E-state index is 0.414. The second-order valence-corrected chi connectivity index (χ2v) is 2.93. The largest absolute Gasteiger partial charge is 0.443 e. The summed E-state index contributed by atoms with van der Waals surface area (Å²) in [5, 5.41) is 8.34. The van der Waals surface area contributed by atoms with Crippen molar-refractivity contribution in [3.8, 4) is 6.07 Å². The molecule has 5 heteroatoms. The van der Waals surface area contributed by atoms with Crippen molar-refractivity contribution in [3.63, 3.8) is 0 Å². The topological polar surface area (TPSA) is 63.0 Å². The van der Waals surface area contributed by atoms with E-state index < -0.39 is 12.1 Å². The number of aromatic nitrogens is 1. The van der Waals surface area contributed by atoms with E-state index in [1.165, 1.54) is 30.0 Å². The molecule has 0 N–H and O–H groups in total. The van der Waals surface area contributed by atoms with Crippen molar-refractivity contribution < 1.29 is 9.53 Å². The average molecular weight is 182 g/mol. The van der Waals surface area contributed by atoms with Gasteiger partial charge in [-0.2, -0.15) is 5.26 Å². The van der Waals surface area contributed by atoms with Crippen LogP contribution in [-0.4, -0.2) is 17.1 Å². The quantitative estimate of drug-likeness (QED) is 0.645. The van der Waals surface area contributed by atoms with Crippen LogP contribution in [0.2, 0.25) is 0 Å². The molecule has 4 nitrogen and oxygen atoms in total. The van der Waals surface area contributed by atoms with Gasteiger partial charge in [-0.3, -0.25) is 4.98 Å². The Morgan fingerprint density at radius 3 is 3.17 bits per heavy atom. The Balaban J connectivity index is 2.57. The van der Waals surface area contributed by atoms with Gasteiger partial charge < -0.3 is 4.74 Å². The Morgan fingerprint density at radius 1 is 1.92 bits per heavy atom. The SMILES string of the molecule is CC(C#N)OC(=O)c1cncs1. The smallest absolute Gasteiger partial charge is 0.351 e. The number of carbonyl (C=O) groups is 1. The molecular weight excluding hydrogens is 176 g/mol. The number of thiazole rings is 1. The summed E-state index contributed by atoms with van der Waals surface area (Å²) < 4.78 is 4.71. The zero-order chi connectivity index (χ0) is 8.97. The van der Waals surface area contributed by atoms with E-state index in [0.29, 0.717) is 4.88 Å². The molecule has 62 valence electrons. The van der Waals surface area contributed by atoms with E-state index in [1.807, 2.05) is 0 Å². The third-order valence-corrected chi connectivity index (χ3v) is 1.85. The highest BCUT2D eigenvalue weighted by molar-refractivity contribution is 7.11. The molecule has 1 heterocycles. The fourth-order valence-corrected chi connectivity index (χ4v) is 1.06. The Bertz CT molecular complexity index is 302. The highest BCUT2D eigenvalue weighted by Gasteiger charge is 2.11. The number of nitrogens with zero attached hydrogens (tertiary/aromatic N) is 2. The number of nitriles is 1. The van der Waals surface area contributed by atoms with E-state index in [9.17, 15) is 4.79 Å². The molecule has 0 aliphatic carbocycles. The van der Waals surface area contributed by atoms with Crippen LogP contribution in [-0.2, 0) is 4.74 Å². The summed E-state index contributed by atoms with van der Waals surface area (Å²) >= 11 is 1.19. The van der Waals surface area contributed by atoms with Crippen LogP contribution in [0.1, 0.15) is 16.6 Å². The lowest BCUT2D eigenvalue weighted by atomic mass is 10.4. The van der Waals surface area contributed by atoms with Crippen molar-refractivity contribution in [2.45, 2.75) is 13.0 Å². The van der Waals surface area contributed by atoms with E-state index in [-0.39, 0.29) is 0 Å². The molecule has 1 unspecified atom stereocenters. The number of hydrogen-bond acceptors (Lipinski definition) is 5. The van der Waals surface area contributed by atoms with Crippen LogP contribution in [0, 0.1) is 11.3 Å². The highest BCUT2D eigenvalue weighted by atomic mass is 32.1. The maximum Gasteiger partial charge on any atom is 0.351 e. The van der Waals surface area contributed by atoms with Gasteiger partial charge in [0.05, 0.1) is 11.7 Å². The summed E-state index contributed by atoms with van der Waals surface area (Å²) in [5.41, 5.74) is 1.54. The lowest BCUT2D eigenvalue weighted by Crippen LogP contribution is -2.11. The Morgan fingerprint density at radius 2 is 2.67 bits per heavy atom.